The number of allylic oxidation sites excluding steroid dienone is 2. The highest BCUT2D eigenvalue weighted by Crippen LogP contribution is 2.52. The number of rotatable bonds is 9. The van der Waals surface area contributed by atoms with Crippen molar-refractivity contribution >= 4 is 11.9 Å². The molecule has 0 aromatic heterocycles. The first-order valence-corrected chi connectivity index (χ1v) is 12.0. The van der Waals surface area contributed by atoms with Gasteiger partial charge in [0.15, 0.2) is 0 Å². The van der Waals surface area contributed by atoms with Gasteiger partial charge < -0.3 is 10.4 Å². The van der Waals surface area contributed by atoms with Gasteiger partial charge in [0.1, 0.15) is 11.6 Å². The van der Waals surface area contributed by atoms with Crippen LogP contribution in [0.25, 0.3) is 0 Å². The summed E-state index contributed by atoms with van der Waals surface area (Å²) in [4.78, 5) is 25.4. The van der Waals surface area contributed by atoms with E-state index in [9.17, 15) is 19.1 Å². The minimum absolute atomic E-state index is 0.0648. The molecule has 0 saturated carbocycles. The summed E-state index contributed by atoms with van der Waals surface area (Å²) in [7, 11) is 0. The third-order valence-electron chi connectivity index (χ3n) is 7.28. The van der Waals surface area contributed by atoms with Gasteiger partial charge in [0, 0.05) is 23.4 Å². The number of amides is 1. The molecule has 0 bridgehead atoms. The Hall–Kier alpha value is -3.28. The van der Waals surface area contributed by atoms with E-state index in [1.54, 1.807) is 13.0 Å². The zero-order valence-electron chi connectivity index (χ0n) is 20.6. The first-order chi connectivity index (χ1) is 16.6. The van der Waals surface area contributed by atoms with Crippen LogP contribution in [0, 0.1) is 23.1 Å². The van der Waals surface area contributed by atoms with E-state index in [1.807, 2.05) is 51.1 Å². The Labute approximate surface area is 205 Å². The van der Waals surface area contributed by atoms with E-state index < -0.39 is 34.9 Å². The second-order valence-electron chi connectivity index (χ2n) is 9.51. The van der Waals surface area contributed by atoms with Crippen molar-refractivity contribution in [3.8, 4) is 0 Å². The van der Waals surface area contributed by atoms with Crippen LogP contribution in [-0.2, 0) is 4.79 Å². The van der Waals surface area contributed by atoms with Crippen molar-refractivity contribution in [2.45, 2.75) is 46.5 Å². The van der Waals surface area contributed by atoms with Crippen LogP contribution in [0.15, 0.2) is 77.6 Å². The van der Waals surface area contributed by atoms with Gasteiger partial charge in [-0.1, -0.05) is 63.6 Å². The lowest BCUT2D eigenvalue weighted by molar-refractivity contribution is -0.144. The van der Waals surface area contributed by atoms with Gasteiger partial charge in [0.05, 0.1) is 5.92 Å². The summed E-state index contributed by atoms with van der Waals surface area (Å²) in [6.07, 6.45) is 3.05. The molecule has 6 heteroatoms. The fraction of sp³-hybridized carbons (Fsp3) is 0.379. The molecule has 4 nitrogen and oxygen atoms in total. The van der Waals surface area contributed by atoms with E-state index in [2.05, 4.69) is 5.32 Å². The predicted molar refractivity (Wildman–Crippen MR) is 133 cm³/mol. The number of hydrogen-bond donors (Lipinski definition) is 2. The molecule has 3 atom stereocenters. The molecule has 2 aromatic rings. The maximum atomic E-state index is 16.1. The average molecular weight is 482 g/mol. The van der Waals surface area contributed by atoms with Crippen LogP contribution in [0.3, 0.4) is 0 Å². The normalized spacial score (nSPS) is 21.0. The molecule has 3 unspecified atom stereocenters. The van der Waals surface area contributed by atoms with Gasteiger partial charge >= 0.3 is 5.97 Å². The van der Waals surface area contributed by atoms with E-state index in [4.69, 9.17) is 0 Å². The number of carbonyl (C=O) groups is 2. The van der Waals surface area contributed by atoms with Crippen LogP contribution in [0.5, 0.6) is 0 Å². The summed E-state index contributed by atoms with van der Waals surface area (Å²) in [5.74, 6) is -3.99. The van der Waals surface area contributed by atoms with Crippen LogP contribution in [0.4, 0.5) is 8.78 Å². The maximum Gasteiger partial charge on any atom is 0.311 e. The van der Waals surface area contributed by atoms with Gasteiger partial charge in [-0.2, -0.15) is 0 Å². The summed E-state index contributed by atoms with van der Waals surface area (Å²) >= 11 is 0. The van der Waals surface area contributed by atoms with Crippen LogP contribution in [0.1, 0.15) is 62.4 Å². The molecule has 1 aliphatic rings. The number of nitrogens with one attached hydrogen (secondary N) is 1. The Bertz CT molecular complexity index is 1120. The molecule has 0 radical (unpaired) electrons. The van der Waals surface area contributed by atoms with Crippen molar-refractivity contribution in [1.29, 1.82) is 0 Å². The van der Waals surface area contributed by atoms with Gasteiger partial charge in [-0.3, -0.25) is 9.59 Å². The maximum absolute atomic E-state index is 16.1. The first kappa shape index (κ1) is 26.3. The largest absolute Gasteiger partial charge is 0.481 e. The van der Waals surface area contributed by atoms with Crippen molar-refractivity contribution in [1.82, 2.24) is 5.32 Å². The van der Waals surface area contributed by atoms with E-state index in [0.29, 0.717) is 17.6 Å². The number of hydrogen-bond acceptors (Lipinski definition) is 2. The number of benzene rings is 2. The average Bonchev–Trinajstić information content (AvgIpc) is 2.84. The van der Waals surface area contributed by atoms with E-state index in [-0.39, 0.29) is 23.9 Å². The highest BCUT2D eigenvalue weighted by Gasteiger charge is 2.50. The summed E-state index contributed by atoms with van der Waals surface area (Å²) < 4.78 is 29.4. The molecule has 35 heavy (non-hydrogen) atoms. The van der Waals surface area contributed by atoms with E-state index >= 15 is 4.39 Å². The van der Waals surface area contributed by atoms with Crippen molar-refractivity contribution < 1.29 is 23.5 Å². The topological polar surface area (TPSA) is 66.4 Å². The highest BCUT2D eigenvalue weighted by molar-refractivity contribution is 5.94. The molecule has 0 aliphatic heterocycles. The molecule has 0 saturated heterocycles. The quantitative estimate of drug-likeness (QED) is 0.421. The second kappa shape index (κ2) is 11.0. The summed E-state index contributed by atoms with van der Waals surface area (Å²) in [5, 5.41) is 13.1. The molecule has 186 valence electrons. The fourth-order valence-electron chi connectivity index (χ4n) is 5.26. The summed E-state index contributed by atoms with van der Waals surface area (Å²) in [6.45, 7) is 7.28. The minimum Gasteiger partial charge on any atom is -0.481 e. The number of halogens is 2. The molecular formula is C29H33F2NO3. The molecule has 0 fully saturated rings. The molecular weight excluding hydrogens is 448 g/mol. The lowest BCUT2D eigenvalue weighted by Gasteiger charge is -2.45. The van der Waals surface area contributed by atoms with Crippen molar-refractivity contribution in [2.75, 3.05) is 6.54 Å². The second-order valence-corrected chi connectivity index (χ2v) is 9.51. The minimum atomic E-state index is -1.16. The zero-order chi connectivity index (χ0) is 25.8. The lowest BCUT2D eigenvalue weighted by Crippen LogP contribution is -2.50. The number of aliphatic carboxylic acids is 1. The SMILES string of the molecule is CCCC(C1=CC(C(=O)O)C(CNC(=O)c2ccc(F)cc2)(C(C)C)C(C)=C1F)c1ccccc1. The first-order valence-electron chi connectivity index (χ1n) is 12.0. The monoisotopic (exact) mass is 481 g/mol. The van der Waals surface area contributed by atoms with Crippen LogP contribution in [-0.4, -0.2) is 23.5 Å². The third kappa shape index (κ3) is 5.21. The van der Waals surface area contributed by atoms with Gasteiger partial charge in [-0.05, 0) is 60.2 Å². The number of carboxylic acid groups (broad SMARTS) is 1. The molecule has 0 spiro atoms. The van der Waals surface area contributed by atoms with Crippen molar-refractivity contribution in [2.24, 2.45) is 17.3 Å². The molecule has 1 aliphatic carbocycles. The summed E-state index contributed by atoms with van der Waals surface area (Å²) in [6, 6.07) is 14.7. The molecule has 3 rings (SSSR count). The van der Waals surface area contributed by atoms with Crippen LogP contribution in [0.2, 0.25) is 0 Å². The highest BCUT2D eigenvalue weighted by atomic mass is 19.1. The van der Waals surface area contributed by atoms with Crippen LogP contribution >= 0.6 is 0 Å². The Kier molecular flexibility index (Phi) is 8.26. The third-order valence-corrected chi connectivity index (χ3v) is 7.28. The van der Waals surface area contributed by atoms with Gasteiger partial charge in [0.25, 0.3) is 5.91 Å². The number of carbonyl (C=O) groups excluding carboxylic acids is 1. The van der Waals surface area contributed by atoms with E-state index in [1.165, 1.54) is 24.3 Å². The lowest BCUT2D eigenvalue weighted by atomic mass is 9.59. The Morgan fingerprint density at radius 1 is 1.06 bits per heavy atom. The van der Waals surface area contributed by atoms with Gasteiger partial charge in [0.2, 0.25) is 0 Å². The van der Waals surface area contributed by atoms with Crippen molar-refractivity contribution in [3.05, 3.63) is 94.6 Å². The predicted octanol–water partition coefficient (Wildman–Crippen LogP) is 6.67. The Morgan fingerprint density at radius 2 is 1.69 bits per heavy atom. The molecule has 1 amide bonds. The smallest absolute Gasteiger partial charge is 0.311 e. The van der Waals surface area contributed by atoms with Gasteiger partial charge in [-0.25, -0.2) is 8.78 Å². The van der Waals surface area contributed by atoms with E-state index in [0.717, 1.165) is 12.0 Å². The Balaban J connectivity index is 2.04. The summed E-state index contributed by atoms with van der Waals surface area (Å²) in [5.41, 5.74) is 0.744. The van der Waals surface area contributed by atoms with Crippen LogP contribution < -0.4 is 5.32 Å². The fourth-order valence-corrected chi connectivity index (χ4v) is 5.26. The molecule has 0 heterocycles. The molecule has 2 aromatic carbocycles. The van der Waals surface area contributed by atoms with Crippen molar-refractivity contribution in [3.63, 3.8) is 0 Å². The standard InChI is InChI=1S/C29H33F2NO3/c1-5-9-23(20-10-7-6-8-11-20)24-16-25(28(34)35)29(18(2)3,19(4)26(24)31)17-32-27(33)21-12-14-22(30)15-13-21/h6-8,10-16,18,23,25H,5,9,17H2,1-4H3,(H,32,33)(H,34,35). The van der Waals surface area contributed by atoms with Gasteiger partial charge in [-0.15, -0.1) is 0 Å². The Morgan fingerprint density at radius 3 is 2.23 bits per heavy atom. The number of carboxylic acids is 1. The molecule has 2 N–H and O–H groups in total. The zero-order valence-corrected chi connectivity index (χ0v) is 20.6.